The molecule has 0 aliphatic heterocycles. The number of hydrogen-bond donors (Lipinski definition) is 2. The Labute approximate surface area is 175 Å². The molecule has 1 heterocycles. The van der Waals surface area contributed by atoms with Crippen LogP contribution in [0.4, 0.5) is 5.13 Å². The van der Waals surface area contributed by atoms with Gasteiger partial charge >= 0.3 is 0 Å². The molecule has 0 radical (unpaired) electrons. The molecule has 0 saturated carbocycles. The number of aromatic nitrogens is 1. The number of fused-ring (bicyclic) bond motifs is 1. The van der Waals surface area contributed by atoms with Crippen molar-refractivity contribution in [1.29, 1.82) is 5.26 Å². The fourth-order valence-electron chi connectivity index (χ4n) is 3.43. The molecule has 9 heteroatoms. The van der Waals surface area contributed by atoms with Gasteiger partial charge in [0.05, 0.1) is 16.7 Å². The van der Waals surface area contributed by atoms with Gasteiger partial charge in [-0.3, -0.25) is 10.1 Å². The van der Waals surface area contributed by atoms with Crippen LogP contribution >= 0.6 is 11.3 Å². The van der Waals surface area contributed by atoms with Crippen LogP contribution in [0.1, 0.15) is 53.5 Å². The first-order valence-electron chi connectivity index (χ1n) is 9.69. The van der Waals surface area contributed by atoms with Gasteiger partial charge in [0.2, 0.25) is 10.0 Å². The Morgan fingerprint density at radius 2 is 2.10 bits per heavy atom. The molecule has 7 nitrogen and oxygen atoms in total. The van der Waals surface area contributed by atoms with Crippen LogP contribution in [-0.4, -0.2) is 25.9 Å². The minimum Gasteiger partial charge on any atom is -0.298 e. The molecule has 1 aromatic heterocycles. The van der Waals surface area contributed by atoms with Gasteiger partial charge in [-0.05, 0) is 49.4 Å². The molecule has 1 aliphatic rings. The normalized spacial score (nSPS) is 16.1. The highest BCUT2D eigenvalue weighted by molar-refractivity contribution is 7.89. The second-order valence-electron chi connectivity index (χ2n) is 7.07. The van der Waals surface area contributed by atoms with Crippen molar-refractivity contribution in [3.63, 3.8) is 0 Å². The first kappa shape index (κ1) is 21.4. The van der Waals surface area contributed by atoms with Crippen molar-refractivity contribution in [2.75, 3.05) is 11.9 Å². The van der Waals surface area contributed by atoms with E-state index in [2.05, 4.69) is 21.9 Å². The molecule has 3 rings (SSSR count). The van der Waals surface area contributed by atoms with E-state index in [0.717, 1.165) is 25.0 Å². The number of anilines is 1. The summed E-state index contributed by atoms with van der Waals surface area (Å²) in [7, 11) is -3.69. The maximum absolute atomic E-state index is 12.5. The van der Waals surface area contributed by atoms with Crippen LogP contribution in [0.5, 0.6) is 0 Å². The van der Waals surface area contributed by atoms with E-state index in [9.17, 15) is 13.2 Å². The predicted molar refractivity (Wildman–Crippen MR) is 112 cm³/mol. The fourth-order valence-corrected chi connectivity index (χ4v) is 5.58. The molecule has 1 unspecified atom stereocenters. The summed E-state index contributed by atoms with van der Waals surface area (Å²) in [6.45, 7) is 2.25. The molecule has 1 atom stereocenters. The monoisotopic (exact) mass is 432 g/mol. The quantitative estimate of drug-likeness (QED) is 0.620. The first-order chi connectivity index (χ1) is 13.9. The summed E-state index contributed by atoms with van der Waals surface area (Å²) < 4.78 is 26.6. The summed E-state index contributed by atoms with van der Waals surface area (Å²) in [4.78, 5) is 18.4. The number of benzene rings is 1. The Hall–Kier alpha value is -2.28. The van der Waals surface area contributed by atoms with E-state index in [-0.39, 0.29) is 23.8 Å². The molecular weight excluding hydrogens is 408 g/mol. The lowest BCUT2D eigenvalue weighted by Gasteiger charge is -2.19. The number of rotatable bonds is 8. The Balaban J connectivity index is 1.64. The zero-order chi connectivity index (χ0) is 20.9. The lowest BCUT2D eigenvalue weighted by Crippen LogP contribution is -2.24. The SMILES string of the molecule is CCCC1CCc2nc(NC(=O)c3ccc(S(=O)(=O)NCCC#N)cc3)sc2C1. The smallest absolute Gasteiger partial charge is 0.257 e. The summed E-state index contributed by atoms with van der Waals surface area (Å²) in [5.74, 6) is 0.385. The van der Waals surface area contributed by atoms with Gasteiger partial charge < -0.3 is 0 Å². The second kappa shape index (κ2) is 9.48. The van der Waals surface area contributed by atoms with E-state index in [1.807, 2.05) is 6.07 Å². The summed E-state index contributed by atoms with van der Waals surface area (Å²) in [6.07, 6.45) is 5.63. The molecule has 2 N–H and O–H groups in total. The molecule has 1 aliphatic carbocycles. The lowest BCUT2D eigenvalue weighted by atomic mass is 9.88. The van der Waals surface area contributed by atoms with Crippen LogP contribution in [0.25, 0.3) is 0 Å². The maximum Gasteiger partial charge on any atom is 0.257 e. The number of nitriles is 1. The minimum atomic E-state index is -3.69. The first-order valence-corrected chi connectivity index (χ1v) is 12.0. The van der Waals surface area contributed by atoms with Crippen molar-refractivity contribution in [2.45, 2.75) is 50.3 Å². The number of aryl methyl sites for hydroxylation is 1. The molecule has 0 fully saturated rings. The number of carbonyl (C=O) groups is 1. The molecule has 29 heavy (non-hydrogen) atoms. The van der Waals surface area contributed by atoms with Crippen LogP contribution in [0.2, 0.25) is 0 Å². The highest BCUT2D eigenvalue weighted by Gasteiger charge is 2.23. The third kappa shape index (κ3) is 5.41. The number of sulfonamides is 1. The van der Waals surface area contributed by atoms with Gasteiger partial charge in [-0.15, -0.1) is 11.3 Å². The summed E-state index contributed by atoms with van der Waals surface area (Å²) in [5, 5.41) is 11.9. The summed E-state index contributed by atoms with van der Waals surface area (Å²) in [5.41, 5.74) is 1.44. The largest absolute Gasteiger partial charge is 0.298 e. The molecule has 0 bridgehead atoms. The molecule has 0 spiro atoms. The Morgan fingerprint density at radius 3 is 2.79 bits per heavy atom. The van der Waals surface area contributed by atoms with E-state index in [1.165, 1.54) is 53.3 Å². The van der Waals surface area contributed by atoms with Gasteiger partial charge in [0.25, 0.3) is 5.91 Å². The van der Waals surface area contributed by atoms with Crippen LogP contribution in [-0.2, 0) is 22.9 Å². The maximum atomic E-state index is 12.5. The van der Waals surface area contributed by atoms with E-state index in [4.69, 9.17) is 5.26 Å². The summed E-state index contributed by atoms with van der Waals surface area (Å²) >= 11 is 1.53. The Kier molecular flexibility index (Phi) is 7.00. The third-order valence-electron chi connectivity index (χ3n) is 4.91. The zero-order valence-corrected chi connectivity index (χ0v) is 17.9. The Morgan fingerprint density at radius 1 is 1.34 bits per heavy atom. The molecule has 154 valence electrons. The van der Waals surface area contributed by atoms with Crippen LogP contribution in [0, 0.1) is 17.2 Å². The van der Waals surface area contributed by atoms with Gasteiger partial charge in [0.1, 0.15) is 0 Å². The summed E-state index contributed by atoms with van der Waals surface area (Å²) in [6, 6.07) is 7.58. The average Bonchev–Trinajstić information content (AvgIpc) is 3.10. The molecule has 0 saturated heterocycles. The van der Waals surface area contributed by atoms with Crippen molar-refractivity contribution < 1.29 is 13.2 Å². The Bertz CT molecular complexity index is 1010. The van der Waals surface area contributed by atoms with E-state index < -0.39 is 10.0 Å². The minimum absolute atomic E-state index is 0.0505. The van der Waals surface area contributed by atoms with Crippen LogP contribution in [0.3, 0.4) is 0 Å². The van der Waals surface area contributed by atoms with Gasteiger partial charge in [-0.1, -0.05) is 19.8 Å². The lowest BCUT2D eigenvalue weighted by molar-refractivity contribution is 0.102. The van der Waals surface area contributed by atoms with Crippen LogP contribution < -0.4 is 10.0 Å². The number of nitrogens with zero attached hydrogens (tertiary/aromatic N) is 2. The molecule has 2 aromatic rings. The fraction of sp³-hybridized carbons (Fsp3) is 0.450. The van der Waals surface area contributed by atoms with Crippen molar-refractivity contribution in [3.05, 3.63) is 40.4 Å². The topological polar surface area (TPSA) is 112 Å². The molecular formula is C20H24N4O3S2. The highest BCUT2D eigenvalue weighted by atomic mass is 32.2. The zero-order valence-electron chi connectivity index (χ0n) is 16.3. The van der Waals surface area contributed by atoms with E-state index in [1.54, 1.807) is 0 Å². The number of amides is 1. The van der Waals surface area contributed by atoms with Gasteiger partial charge in [-0.2, -0.15) is 5.26 Å². The van der Waals surface area contributed by atoms with E-state index >= 15 is 0 Å². The third-order valence-corrected chi connectivity index (χ3v) is 7.43. The van der Waals surface area contributed by atoms with Gasteiger partial charge in [0.15, 0.2) is 5.13 Å². The predicted octanol–water partition coefficient (Wildman–Crippen LogP) is 3.49. The number of carbonyl (C=O) groups excluding carboxylic acids is 1. The highest BCUT2D eigenvalue weighted by Crippen LogP contribution is 2.34. The van der Waals surface area contributed by atoms with Crippen molar-refractivity contribution in [1.82, 2.24) is 9.71 Å². The van der Waals surface area contributed by atoms with Gasteiger partial charge in [-0.25, -0.2) is 18.1 Å². The number of nitrogens with one attached hydrogen (secondary N) is 2. The average molecular weight is 433 g/mol. The van der Waals surface area contributed by atoms with Crippen molar-refractivity contribution in [3.8, 4) is 6.07 Å². The number of hydrogen-bond acceptors (Lipinski definition) is 6. The molecule has 1 amide bonds. The second-order valence-corrected chi connectivity index (χ2v) is 9.92. The van der Waals surface area contributed by atoms with Gasteiger partial charge in [0, 0.05) is 23.4 Å². The number of thiazole rings is 1. The van der Waals surface area contributed by atoms with E-state index in [0.29, 0.717) is 16.6 Å². The standard InChI is InChI=1S/C20H24N4O3S2/c1-2-4-14-5-10-17-18(13-14)28-20(23-17)24-19(25)15-6-8-16(9-7-15)29(26,27)22-12-3-11-21/h6-9,14,22H,2-5,10,12-13H2,1H3,(H,23,24,25). The van der Waals surface area contributed by atoms with Crippen molar-refractivity contribution in [2.24, 2.45) is 5.92 Å². The van der Waals surface area contributed by atoms with Crippen LogP contribution in [0.15, 0.2) is 29.2 Å². The molecule has 1 aromatic carbocycles. The van der Waals surface area contributed by atoms with Crippen molar-refractivity contribution >= 4 is 32.4 Å².